The Morgan fingerprint density at radius 1 is 1.47 bits per heavy atom. The Hall–Kier alpha value is -2.28. The molecule has 0 fully saturated rings. The molecule has 0 aliphatic heterocycles. The van der Waals surface area contributed by atoms with Crippen LogP contribution in [0, 0.1) is 18.3 Å². The number of aryl methyl sites for hydroxylation is 1. The number of ether oxygens (including phenoxy) is 1. The van der Waals surface area contributed by atoms with Gasteiger partial charge in [-0.3, -0.25) is 4.68 Å². The normalized spacial score (nSPS) is 9.88. The molecule has 86 valence electrons. The molecule has 4 heteroatoms. The minimum atomic E-state index is 0.539. The highest BCUT2D eigenvalue weighted by atomic mass is 16.5. The largest absolute Gasteiger partial charge is 0.491 e. The number of nitriles is 1. The van der Waals surface area contributed by atoms with E-state index in [4.69, 9.17) is 10.00 Å². The topological polar surface area (TPSA) is 50.8 Å². The second-order valence-electron chi connectivity index (χ2n) is 3.71. The van der Waals surface area contributed by atoms with Crippen LogP contribution in [-0.4, -0.2) is 16.4 Å². The molecule has 1 aromatic carbocycles. The first-order chi connectivity index (χ1) is 8.29. The molecule has 1 heterocycles. The van der Waals surface area contributed by atoms with Crippen LogP contribution in [0.4, 0.5) is 0 Å². The maximum absolute atomic E-state index is 8.81. The van der Waals surface area contributed by atoms with Crippen molar-refractivity contribution in [3.63, 3.8) is 0 Å². The van der Waals surface area contributed by atoms with Gasteiger partial charge < -0.3 is 4.74 Å². The average Bonchev–Trinajstić information content (AvgIpc) is 2.84. The third-order valence-electron chi connectivity index (χ3n) is 2.45. The molecule has 0 spiro atoms. The number of hydrogen-bond acceptors (Lipinski definition) is 3. The molecule has 17 heavy (non-hydrogen) atoms. The Labute approximate surface area is 100 Å². The smallest absolute Gasteiger partial charge is 0.123 e. The van der Waals surface area contributed by atoms with Crippen LogP contribution >= 0.6 is 0 Å². The van der Waals surface area contributed by atoms with Gasteiger partial charge in [0.25, 0.3) is 0 Å². The second kappa shape index (κ2) is 5.17. The molecule has 0 amide bonds. The minimum Gasteiger partial charge on any atom is -0.491 e. The Kier molecular flexibility index (Phi) is 3.41. The van der Waals surface area contributed by atoms with Crippen LogP contribution < -0.4 is 4.74 Å². The zero-order valence-corrected chi connectivity index (χ0v) is 9.63. The Balaban J connectivity index is 1.97. The molecule has 0 N–H and O–H groups in total. The molecule has 0 saturated heterocycles. The molecule has 0 radical (unpaired) electrons. The van der Waals surface area contributed by atoms with Gasteiger partial charge in [-0.25, -0.2) is 0 Å². The molecular formula is C13H13N3O. The fourth-order valence-corrected chi connectivity index (χ4v) is 1.51. The first-order valence-corrected chi connectivity index (χ1v) is 5.40. The number of hydrogen-bond donors (Lipinski definition) is 0. The summed E-state index contributed by atoms with van der Waals surface area (Å²) >= 11 is 0. The summed E-state index contributed by atoms with van der Waals surface area (Å²) in [5.74, 6) is 0.760. The lowest BCUT2D eigenvalue weighted by atomic mass is 10.1. The molecule has 2 aromatic rings. The third-order valence-corrected chi connectivity index (χ3v) is 2.45. The van der Waals surface area contributed by atoms with Crippen molar-refractivity contribution >= 4 is 0 Å². The molecule has 0 bridgehead atoms. The van der Waals surface area contributed by atoms with Gasteiger partial charge in [0.15, 0.2) is 0 Å². The van der Waals surface area contributed by atoms with Crippen LogP contribution in [0.3, 0.4) is 0 Å². The Morgan fingerprint density at radius 3 is 3.06 bits per heavy atom. The van der Waals surface area contributed by atoms with Crippen molar-refractivity contribution in [2.45, 2.75) is 13.5 Å². The number of benzene rings is 1. The lowest BCUT2D eigenvalue weighted by Gasteiger charge is -2.09. The van der Waals surface area contributed by atoms with Gasteiger partial charge in [0, 0.05) is 12.4 Å². The molecule has 0 aliphatic carbocycles. The predicted octanol–water partition coefficient (Wildman–Crippen LogP) is 2.14. The quantitative estimate of drug-likeness (QED) is 0.804. The van der Waals surface area contributed by atoms with Gasteiger partial charge in [0.1, 0.15) is 12.4 Å². The molecule has 0 atom stereocenters. The highest BCUT2D eigenvalue weighted by Crippen LogP contribution is 2.19. The Morgan fingerprint density at radius 2 is 2.35 bits per heavy atom. The summed E-state index contributed by atoms with van der Waals surface area (Å²) in [6, 6.07) is 9.42. The van der Waals surface area contributed by atoms with E-state index in [0.717, 1.165) is 11.3 Å². The van der Waals surface area contributed by atoms with Gasteiger partial charge >= 0.3 is 0 Å². The SMILES string of the molecule is Cc1ccc(C#N)cc1OCCn1cccn1. The van der Waals surface area contributed by atoms with E-state index >= 15 is 0 Å². The van der Waals surface area contributed by atoms with Crippen LogP contribution in [0.25, 0.3) is 0 Å². The third kappa shape index (κ3) is 2.85. The Bertz CT molecular complexity index is 526. The molecular weight excluding hydrogens is 214 g/mol. The van der Waals surface area contributed by atoms with E-state index in [0.29, 0.717) is 18.7 Å². The van der Waals surface area contributed by atoms with E-state index in [1.54, 1.807) is 18.3 Å². The van der Waals surface area contributed by atoms with Crippen LogP contribution in [-0.2, 0) is 6.54 Å². The van der Waals surface area contributed by atoms with E-state index in [2.05, 4.69) is 11.2 Å². The fourth-order valence-electron chi connectivity index (χ4n) is 1.51. The lowest BCUT2D eigenvalue weighted by Crippen LogP contribution is -2.09. The maximum Gasteiger partial charge on any atom is 0.123 e. The van der Waals surface area contributed by atoms with Crippen molar-refractivity contribution < 1.29 is 4.74 Å². The van der Waals surface area contributed by atoms with E-state index in [1.165, 1.54) is 0 Å². The highest BCUT2D eigenvalue weighted by Gasteiger charge is 2.01. The molecule has 0 saturated carbocycles. The van der Waals surface area contributed by atoms with Crippen molar-refractivity contribution in [3.8, 4) is 11.8 Å². The number of rotatable bonds is 4. The van der Waals surface area contributed by atoms with Crippen LogP contribution in [0.15, 0.2) is 36.7 Å². The summed E-state index contributed by atoms with van der Waals surface area (Å²) in [5.41, 5.74) is 1.65. The van der Waals surface area contributed by atoms with Crippen LogP contribution in [0.2, 0.25) is 0 Å². The van der Waals surface area contributed by atoms with Gasteiger partial charge in [-0.15, -0.1) is 0 Å². The van der Waals surface area contributed by atoms with Gasteiger partial charge in [0.2, 0.25) is 0 Å². The summed E-state index contributed by atoms with van der Waals surface area (Å²) in [6.45, 7) is 3.20. The molecule has 0 unspecified atom stereocenters. The summed E-state index contributed by atoms with van der Waals surface area (Å²) in [7, 11) is 0. The van der Waals surface area contributed by atoms with E-state index in [1.807, 2.05) is 29.9 Å². The van der Waals surface area contributed by atoms with Crippen molar-refractivity contribution in [3.05, 3.63) is 47.8 Å². The fraction of sp³-hybridized carbons (Fsp3) is 0.231. The average molecular weight is 227 g/mol. The van der Waals surface area contributed by atoms with Crippen LogP contribution in [0.1, 0.15) is 11.1 Å². The standard InChI is InChI=1S/C13H13N3O/c1-11-3-4-12(10-14)9-13(11)17-8-7-16-6-2-5-15-16/h2-6,9H,7-8H2,1H3. The van der Waals surface area contributed by atoms with Gasteiger partial charge in [-0.1, -0.05) is 6.07 Å². The first-order valence-electron chi connectivity index (χ1n) is 5.40. The van der Waals surface area contributed by atoms with Crippen molar-refractivity contribution in [1.82, 2.24) is 9.78 Å². The molecule has 0 aliphatic rings. The summed E-state index contributed by atoms with van der Waals surface area (Å²) in [4.78, 5) is 0. The lowest BCUT2D eigenvalue weighted by molar-refractivity contribution is 0.289. The van der Waals surface area contributed by atoms with Gasteiger partial charge in [0.05, 0.1) is 18.2 Å². The van der Waals surface area contributed by atoms with Crippen LogP contribution in [0.5, 0.6) is 5.75 Å². The van der Waals surface area contributed by atoms with E-state index < -0.39 is 0 Å². The van der Waals surface area contributed by atoms with Gasteiger partial charge in [-0.2, -0.15) is 10.4 Å². The van der Waals surface area contributed by atoms with E-state index in [-0.39, 0.29) is 0 Å². The van der Waals surface area contributed by atoms with E-state index in [9.17, 15) is 0 Å². The monoisotopic (exact) mass is 227 g/mol. The first kappa shape index (κ1) is 11.2. The number of nitrogens with zero attached hydrogens (tertiary/aromatic N) is 3. The molecule has 1 aromatic heterocycles. The molecule has 4 nitrogen and oxygen atoms in total. The summed E-state index contributed by atoms with van der Waals surface area (Å²) in [6.07, 6.45) is 3.63. The molecule has 2 rings (SSSR count). The second-order valence-corrected chi connectivity index (χ2v) is 3.71. The predicted molar refractivity (Wildman–Crippen MR) is 63.6 cm³/mol. The summed E-state index contributed by atoms with van der Waals surface area (Å²) in [5, 5.41) is 12.9. The van der Waals surface area contributed by atoms with Crippen molar-refractivity contribution in [2.24, 2.45) is 0 Å². The summed E-state index contributed by atoms with van der Waals surface area (Å²) < 4.78 is 7.45. The highest BCUT2D eigenvalue weighted by molar-refractivity contribution is 5.41. The van der Waals surface area contributed by atoms with Crippen molar-refractivity contribution in [1.29, 1.82) is 5.26 Å². The number of aromatic nitrogens is 2. The van der Waals surface area contributed by atoms with Crippen molar-refractivity contribution in [2.75, 3.05) is 6.61 Å². The zero-order valence-electron chi connectivity index (χ0n) is 9.63. The maximum atomic E-state index is 8.81. The zero-order chi connectivity index (χ0) is 12.1. The van der Waals surface area contributed by atoms with Gasteiger partial charge in [-0.05, 0) is 30.7 Å². The minimum absolute atomic E-state index is 0.539.